The van der Waals surface area contributed by atoms with Crippen molar-refractivity contribution >= 4 is 16.1 Å². The monoisotopic (exact) mass is 287 g/mol. The van der Waals surface area contributed by atoms with Gasteiger partial charge < -0.3 is 0 Å². The highest BCUT2D eigenvalue weighted by molar-refractivity contribution is 7.89. The molecule has 1 N–H and O–H groups in total. The van der Waals surface area contributed by atoms with E-state index in [-0.39, 0.29) is 11.4 Å². The van der Waals surface area contributed by atoms with Crippen molar-refractivity contribution in [3.05, 3.63) is 71.8 Å². The highest BCUT2D eigenvalue weighted by atomic mass is 32.2. The highest BCUT2D eigenvalue weighted by Gasteiger charge is 2.13. The minimum atomic E-state index is -3.48. The summed E-state index contributed by atoms with van der Waals surface area (Å²) in [6, 6.07) is 14.3. The van der Waals surface area contributed by atoms with E-state index < -0.39 is 10.0 Å². The van der Waals surface area contributed by atoms with Gasteiger partial charge in [-0.15, -0.1) is 0 Å². The zero-order chi connectivity index (χ0) is 14.6. The summed E-state index contributed by atoms with van der Waals surface area (Å²) in [6.45, 7) is 5.90. The molecule has 0 atom stereocenters. The van der Waals surface area contributed by atoms with Gasteiger partial charge in [0.1, 0.15) is 0 Å². The van der Waals surface area contributed by atoms with E-state index in [2.05, 4.69) is 11.3 Å². The lowest BCUT2D eigenvalue weighted by Gasteiger charge is -2.09. The topological polar surface area (TPSA) is 46.2 Å². The number of benzene rings is 2. The van der Waals surface area contributed by atoms with E-state index in [1.165, 1.54) is 0 Å². The summed E-state index contributed by atoms with van der Waals surface area (Å²) in [6.07, 6.45) is 1.72. The van der Waals surface area contributed by atoms with Crippen LogP contribution in [0.1, 0.15) is 16.7 Å². The molecule has 4 heteroatoms. The van der Waals surface area contributed by atoms with Crippen molar-refractivity contribution in [2.75, 3.05) is 0 Å². The fraction of sp³-hybridized carbons (Fsp3) is 0.125. The van der Waals surface area contributed by atoms with E-state index >= 15 is 0 Å². The third-order valence-electron chi connectivity index (χ3n) is 3.06. The first-order chi connectivity index (χ1) is 9.53. The second-order valence-corrected chi connectivity index (χ2v) is 6.31. The molecule has 0 spiro atoms. The molecular formula is C16H17NO2S. The molecule has 0 saturated heterocycles. The van der Waals surface area contributed by atoms with Crippen LogP contribution in [0, 0.1) is 6.92 Å². The molecule has 2 rings (SSSR count). The molecule has 0 amide bonds. The van der Waals surface area contributed by atoms with Crippen LogP contribution in [0.15, 0.2) is 60.0 Å². The van der Waals surface area contributed by atoms with Crippen molar-refractivity contribution in [3.8, 4) is 0 Å². The van der Waals surface area contributed by atoms with E-state index in [0.717, 1.165) is 16.7 Å². The van der Waals surface area contributed by atoms with E-state index in [4.69, 9.17) is 0 Å². The average Bonchev–Trinajstić information content (AvgIpc) is 2.46. The van der Waals surface area contributed by atoms with Crippen molar-refractivity contribution in [2.45, 2.75) is 18.4 Å². The van der Waals surface area contributed by atoms with E-state index in [1.54, 1.807) is 30.3 Å². The fourth-order valence-corrected chi connectivity index (χ4v) is 2.87. The van der Waals surface area contributed by atoms with Crippen molar-refractivity contribution in [2.24, 2.45) is 0 Å². The zero-order valence-electron chi connectivity index (χ0n) is 11.3. The smallest absolute Gasteiger partial charge is 0.207 e. The lowest BCUT2D eigenvalue weighted by molar-refractivity contribution is 0.581. The summed E-state index contributed by atoms with van der Waals surface area (Å²) in [7, 11) is -3.48. The van der Waals surface area contributed by atoms with Gasteiger partial charge in [0.05, 0.1) is 4.90 Å². The summed E-state index contributed by atoms with van der Waals surface area (Å²) in [5, 5.41) is 0. The maximum atomic E-state index is 12.2. The fourth-order valence-electron chi connectivity index (χ4n) is 1.87. The minimum Gasteiger partial charge on any atom is -0.207 e. The molecule has 0 aromatic heterocycles. The first kappa shape index (κ1) is 14.5. The number of aryl methyl sites for hydroxylation is 1. The molecule has 0 unspecified atom stereocenters. The normalized spacial score (nSPS) is 11.2. The number of rotatable bonds is 5. The molecule has 0 fully saturated rings. The van der Waals surface area contributed by atoms with Crippen LogP contribution in [-0.4, -0.2) is 8.42 Å². The third-order valence-corrected chi connectivity index (χ3v) is 4.48. The summed E-state index contributed by atoms with van der Waals surface area (Å²) < 4.78 is 27.0. The maximum absolute atomic E-state index is 12.2. The van der Waals surface area contributed by atoms with Gasteiger partial charge >= 0.3 is 0 Å². The second kappa shape index (κ2) is 6.03. The number of nitrogens with one attached hydrogen (secondary N) is 1. The van der Waals surface area contributed by atoms with Crippen LogP contribution in [-0.2, 0) is 16.6 Å². The van der Waals surface area contributed by atoms with Crippen LogP contribution in [0.25, 0.3) is 6.08 Å². The average molecular weight is 287 g/mol. The zero-order valence-corrected chi connectivity index (χ0v) is 12.2. The summed E-state index contributed by atoms with van der Waals surface area (Å²) >= 11 is 0. The molecule has 0 radical (unpaired) electrons. The lowest BCUT2D eigenvalue weighted by Crippen LogP contribution is -2.23. The van der Waals surface area contributed by atoms with Crippen LogP contribution >= 0.6 is 0 Å². The Morgan fingerprint density at radius 1 is 1.10 bits per heavy atom. The molecular weight excluding hydrogens is 270 g/mol. The van der Waals surface area contributed by atoms with Crippen molar-refractivity contribution < 1.29 is 8.42 Å². The summed E-state index contributed by atoms with van der Waals surface area (Å²) in [4.78, 5) is 0.277. The van der Waals surface area contributed by atoms with Gasteiger partial charge in [-0.05, 0) is 30.2 Å². The van der Waals surface area contributed by atoms with E-state index in [1.807, 2.05) is 31.2 Å². The van der Waals surface area contributed by atoms with Crippen molar-refractivity contribution in [3.63, 3.8) is 0 Å². The predicted molar refractivity (Wildman–Crippen MR) is 81.7 cm³/mol. The van der Waals surface area contributed by atoms with E-state index in [9.17, 15) is 8.42 Å². The molecule has 0 saturated carbocycles. The van der Waals surface area contributed by atoms with Gasteiger partial charge in [-0.2, -0.15) is 0 Å². The van der Waals surface area contributed by atoms with Gasteiger partial charge in [0.15, 0.2) is 0 Å². The Hall–Kier alpha value is -1.91. The molecule has 0 aliphatic heterocycles. The largest absolute Gasteiger partial charge is 0.240 e. The highest BCUT2D eigenvalue weighted by Crippen LogP contribution is 2.13. The standard InChI is InChI=1S/C16H17NO2S/c1-3-14-6-4-5-7-15(14)12-17-20(18,19)16-10-8-13(2)9-11-16/h3-11,17H,1,12H2,2H3. The third kappa shape index (κ3) is 3.35. The molecule has 0 bridgehead atoms. The number of hydrogen-bond acceptors (Lipinski definition) is 2. The minimum absolute atomic E-state index is 0.248. The van der Waals surface area contributed by atoms with Gasteiger partial charge in [0.25, 0.3) is 0 Å². The van der Waals surface area contributed by atoms with Crippen LogP contribution < -0.4 is 4.72 Å². The maximum Gasteiger partial charge on any atom is 0.240 e. The number of hydrogen-bond donors (Lipinski definition) is 1. The van der Waals surface area contributed by atoms with Crippen LogP contribution in [0.4, 0.5) is 0 Å². The first-order valence-electron chi connectivity index (χ1n) is 6.29. The van der Waals surface area contributed by atoms with Crippen molar-refractivity contribution in [1.82, 2.24) is 4.72 Å². The van der Waals surface area contributed by atoms with Gasteiger partial charge in [-0.1, -0.05) is 54.6 Å². The quantitative estimate of drug-likeness (QED) is 0.918. The Morgan fingerprint density at radius 3 is 2.40 bits per heavy atom. The second-order valence-electron chi connectivity index (χ2n) is 4.54. The van der Waals surface area contributed by atoms with Gasteiger partial charge in [-0.25, -0.2) is 13.1 Å². The Bertz CT molecular complexity index is 704. The summed E-state index contributed by atoms with van der Waals surface area (Å²) in [5.74, 6) is 0. The molecule has 104 valence electrons. The Kier molecular flexibility index (Phi) is 4.37. The molecule has 20 heavy (non-hydrogen) atoms. The Balaban J connectivity index is 2.17. The Labute approximate surface area is 120 Å². The van der Waals surface area contributed by atoms with Crippen LogP contribution in [0.5, 0.6) is 0 Å². The first-order valence-corrected chi connectivity index (χ1v) is 7.78. The predicted octanol–water partition coefficient (Wildman–Crippen LogP) is 3.12. The molecule has 0 heterocycles. The summed E-state index contributed by atoms with van der Waals surface area (Å²) in [5.41, 5.74) is 2.86. The molecule has 2 aromatic rings. The molecule has 3 nitrogen and oxygen atoms in total. The lowest BCUT2D eigenvalue weighted by atomic mass is 10.1. The van der Waals surface area contributed by atoms with Crippen LogP contribution in [0.3, 0.4) is 0 Å². The van der Waals surface area contributed by atoms with Gasteiger partial charge in [0, 0.05) is 6.54 Å². The Morgan fingerprint density at radius 2 is 1.75 bits per heavy atom. The number of sulfonamides is 1. The SMILES string of the molecule is C=Cc1ccccc1CNS(=O)(=O)c1ccc(C)cc1. The van der Waals surface area contributed by atoms with Gasteiger partial charge in [-0.3, -0.25) is 0 Å². The molecule has 0 aliphatic rings. The van der Waals surface area contributed by atoms with Gasteiger partial charge in [0.2, 0.25) is 10.0 Å². The van der Waals surface area contributed by atoms with E-state index in [0.29, 0.717) is 0 Å². The van der Waals surface area contributed by atoms with Crippen molar-refractivity contribution in [1.29, 1.82) is 0 Å². The molecule has 2 aromatic carbocycles. The molecule has 0 aliphatic carbocycles. The van der Waals surface area contributed by atoms with Crippen LogP contribution in [0.2, 0.25) is 0 Å².